The third kappa shape index (κ3) is 9.38. The van der Waals surface area contributed by atoms with Crippen LogP contribution in [0.1, 0.15) is 54.2 Å². The number of nitrogen functional groups attached to an aromatic ring is 1. The number of primary amides is 1. The number of H-pyrrole nitrogens is 1. The first kappa shape index (κ1) is 46.5. The smallest absolute Gasteiger partial charge is 0.410 e. The molecule has 23 heteroatoms. The van der Waals surface area contributed by atoms with Gasteiger partial charge in [0.15, 0.2) is 16.9 Å². The number of ketones is 3. The van der Waals surface area contributed by atoms with Gasteiger partial charge in [-0.3, -0.25) is 33.9 Å². The van der Waals surface area contributed by atoms with Gasteiger partial charge in [0.1, 0.15) is 25.0 Å². The van der Waals surface area contributed by atoms with Gasteiger partial charge in [-0.25, -0.2) is 19.6 Å². The highest BCUT2D eigenvalue weighted by Gasteiger charge is 2.78. The van der Waals surface area contributed by atoms with E-state index in [4.69, 9.17) is 31.4 Å². The Hall–Kier alpha value is -6.98. The quantitative estimate of drug-likeness (QED) is 0.0341. The lowest BCUT2D eigenvalue weighted by Crippen LogP contribution is -2.56. The highest BCUT2D eigenvalue weighted by molar-refractivity contribution is 8.76. The average Bonchev–Trinajstić information content (AvgIpc) is 3.83. The monoisotopic (exact) mass is 953 g/mol. The molecule has 8 rings (SSSR count). The number of carbonyl (C=O) groups is 6. The second-order valence-electron chi connectivity index (χ2n) is 16.1. The highest BCUT2D eigenvalue weighted by Crippen LogP contribution is 2.60. The minimum Gasteiger partial charge on any atom is -0.449 e. The third-order valence-corrected chi connectivity index (χ3v) is 14.5. The van der Waals surface area contributed by atoms with Gasteiger partial charge in [0, 0.05) is 66.1 Å². The fourth-order valence-electron chi connectivity index (χ4n) is 8.73. The number of anilines is 2. The molecule has 2 aromatic carbocycles. The number of hydrogen-bond donors (Lipinski definition) is 6. The number of fused-ring (bicyclic) bond motifs is 5. The van der Waals surface area contributed by atoms with Gasteiger partial charge in [-0.15, -0.1) is 0 Å². The van der Waals surface area contributed by atoms with Crippen molar-refractivity contribution in [3.8, 4) is 0 Å². The van der Waals surface area contributed by atoms with Crippen LogP contribution in [0.4, 0.5) is 21.2 Å². The molecule has 4 atom stereocenters. The van der Waals surface area contributed by atoms with E-state index in [9.17, 15) is 33.6 Å². The van der Waals surface area contributed by atoms with Gasteiger partial charge < -0.3 is 46.9 Å². The van der Waals surface area contributed by atoms with Gasteiger partial charge in [0.05, 0.1) is 41.8 Å². The van der Waals surface area contributed by atoms with Crippen molar-refractivity contribution in [2.45, 2.75) is 68.5 Å². The van der Waals surface area contributed by atoms with E-state index in [1.54, 1.807) is 50.8 Å². The van der Waals surface area contributed by atoms with Gasteiger partial charge in [-0.05, 0) is 61.7 Å². The molecule has 2 saturated heterocycles. The molecular formula is C44H47N11O10S2. The zero-order valence-electron chi connectivity index (χ0n) is 36.4. The Kier molecular flexibility index (Phi) is 13.5. The van der Waals surface area contributed by atoms with Crippen LogP contribution in [-0.2, 0) is 41.7 Å². The van der Waals surface area contributed by atoms with Crippen LogP contribution in [0.15, 0.2) is 87.0 Å². The first-order valence-corrected chi connectivity index (χ1v) is 23.6. The molecule has 0 spiro atoms. The highest BCUT2D eigenvalue weighted by atomic mass is 33.1. The number of piperazine rings is 1. The number of aromatic nitrogens is 4. The lowest BCUT2D eigenvalue weighted by atomic mass is 9.82. The predicted octanol–water partition coefficient (Wildman–Crippen LogP) is 2.92. The number of aromatic amines is 1. The van der Waals surface area contributed by atoms with Crippen LogP contribution in [-0.4, -0.2) is 116 Å². The van der Waals surface area contributed by atoms with E-state index in [-0.39, 0.29) is 83.7 Å². The van der Waals surface area contributed by atoms with Crippen molar-refractivity contribution in [3.63, 3.8) is 0 Å². The molecule has 67 heavy (non-hydrogen) atoms. The number of nitrogens with two attached hydrogens (primary N) is 3. The van der Waals surface area contributed by atoms with Crippen molar-refractivity contribution in [2.75, 3.05) is 43.6 Å². The number of benzene rings is 2. The maximum absolute atomic E-state index is 13.4. The Bertz CT molecular complexity index is 2780. The molecule has 1 aliphatic carbocycles. The Morgan fingerprint density at radius 2 is 1.72 bits per heavy atom. The van der Waals surface area contributed by atoms with Crippen LogP contribution in [0, 0.1) is 5.92 Å². The maximum atomic E-state index is 13.4. The van der Waals surface area contributed by atoms with Crippen LogP contribution in [0.5, 0.6) is 0 Å². The Morgan fingerprint density at radius 3 is 2.45 bits per heavy atom. The summed E-state index contributed by atoms with van der Waals surface area (Å²) in [7, 11) is 4.62. The van der Waals surface area contributed by atoms with Crippen molar-refractivity contribution >= 4 is 79.8 Å². The van der Waals surface area contributed by atoms with Gasteiger partial charge in [0.2, 0.25) is 17.5 Å². The number of nitrogens with one attached hydrogen (secondary N) is 3. The Balaban J connectivity index is 0.705. The SMILES string of the molecule is CO[C@@]12[C@H](COC(N)=O)C3=C(C(=O)C(C)=C(N)C3=O)N1C[C@H]1[C@@H]2N1C(=O)OCc1ccc(SSCCCC(=O)CCCNC(=O)c2ccc(NCc3cnc4nc(N)[nH]c(=O)c4n3)cc2)cc1. The minimum absolute atomic E-state index is 0.000525. The van der Waals surface area contributed by atoms with Crippen molar-refractivity contribution < 1.29 is 43.0 Å². The van der Waals surface area contributed by atoms with E-state index < -0.39 is 47.0 Å². The van der Waals surface area contributed by atoms with Crippen LogP contribution in [0.25, 0.3) is 11.2 Å². The third-order valence-electron chi connectivity index (χ3n) is 12.0. The number of nitrogens with zero attached hydrogens (tertiary/aromatic N) is 5. The van der Waals surface area contributed by atoms with Crippen LogP contribution in [0.3, 0.4) is 0 Å². The number of rotatable bonds is 19. The summed E-state index contributed by atoms with van der Waals surface area (Å²) in [6.45, 7) is 1.96. The molecule has 0 radical (unpaired) electrons. The summed E-state index contributed by atoms with van der Waals surface area (Å²) < 4.78 is 16.9. The second-order valence-corrected chi connectivity index (χ2v) is 18.6. The van der Waals surface area contributed by atoms with E-state index >= 15 is 0 Å². The van der Waals surface area contributed by atoms with E-state index in [1.165, 1.54) is 25.1 Å². The Morgan fingerprint density at radius 1 is 0.970 bits per heavy atom. The summed E-state index contributed by atoms with van der Waals surface area (Å²) in [5, 5.41) is 6.04. The standard InChI is InChI=1S/C44H47N11O10S2/c1-22-32(45)36(58)31-29(21-64-42(47)61)44(63-2)37-30(19-54(44)34(31)35(22)57)55(37)43(62)65-20-23-7-13-28(14-8-23)67-66-16-4-6-27(56)5-3-15-48-39(59)24-9-11-25(12-10-24)49-17-26-18-50-38-33(51-26)40(60)53-41(46)52-38/h7-14,18,29-30,37,49H,3-6,15-17,19-21,45H2,1-2H3,(H2,47,61)(H,48,59)(H3,46,50,52,53,60)/t29-,30+,37+,44-,55?/m1/s1. The largest absolute Gasteiger partial charge is 0.449 e. The van der Waals surface area contributed by atoms with Crippen LogP contribution >= 0.6 is 21.6 Å². The first-order valence-electron chi connectivity index (χ1n) is 21.3. The summed E-state index contributed by atoms with van der Waals surface area (Å²) in [5.41, 5.74) is 17.9. The van der Waals surface area contributed by atoms with Crippen molar-refractivity contribution in [1.82, 2.24) is 35.1 Å². The molecule has 2 aromatic heterocycles. The molecule has 4 aliphatic rings. The predicted molar refractivity (Wildman–Crippen MR) is 246 cm³/mol. The molecule has 21 nitrogen and oxygen atoms in total. The Labute approximate surface area is 390 Å². The first-order chi connectivity index (χ1) is 32.2. The van der Waals surface area contributed by atoms with Gasteiger partial charge >= 0.3 is 12.2 Å². The van der Waals surface area contributed by atoms with Gasteiger partial charge in [0.25, 0.3) is 11.5 Å². The summed E-state index contributed by atoms with van der Waals surface area (Å²) in [6, 6.07) is 13.5. The lowest BCUT2D eigenvalue weighted by Gasteiger charge is -2.40. The van der Waals surface area contributed by atoms with E-state index in [1.807, 2.05) is 24.3 Å². The molecule has 0 bridgehead atoms. The van der Waals surface area contributed by atoms with Gasteiger partial charge in [-0.2, -0.15) is 4.98 Å². The topological polar surface area (TPSA) is 310 Å². The minimum atomic E-state index is -1.39. The lowest BCUT2D eigenvalue weighted by molar-refractivity contribution is -0.144. The zero-order valence-corrected chi connectivity index (χ0v) is 38.0. The van der Waals surface area contributed by atoms with Gasteiger partial charge in [-0.1, -0.05) is 33.7 Å². The summed E-state index contributed by atoms with van der Waals surface area (Å²) in [6.07, 6.45) is 1.89. The number of Topliss-reactive ketones (excluding diaryl/α,β-unsaturated/α-hetero) is 3. The summed E-state index contributed by atoms with van der Waals surface area (Å²) in [4.78, 5) is 108. The summed E-state index contributed by atoms with van der Waals surface area (Å²) >= 11 is 0. The molecular weight excluding hydrogens is 907 g/mol. The number of allylic oxidation sites excluding steroid dienone is 2. The zero-order chi connectivity index (χ0) is 47.6. The molecule has 0 saturated carbocycles. The number of hydrogen-bond acceptors (Lipinski definition) is 19. The average molecular weight is 954 g/mol. The summed E-state index contributed by atoms with van der Waals surface area (Å²) in [5.74, 6) is -1.31. The van der Waals surface area contributed by atoms with E-state index in [0.29, 0.717) is 43.5 Å². The number of amides is 3. The molecule has 0 unspecified atom stereocenters. The van der Waals surface area contributed by atoms with Crippen molar-refractivity contribution in [2.24, 2.45) is 17.4 Å². The number of ether oxygens (including phenoxy) is 3. The molecule has 3 amide bonds. The van der Waals surface area contributed by atoms with Crippen LogP contribution in [0.2, 0.25) is 0 Å². The fraction of sp³-hybridized carbons (Fsp3) is 0.364. The molecule has 9 N–H and O–H groups in total. The molecule has 2 fully saturated rings. The van der Waals surface area contributed by atoms with Crippen molar-refractivity contribution in [1.29, 1.82) is 0 Å². The number of carbonyl (C=O) groups excluding carboxylic acids is 6. The number of methoxy groups -OCH3 is 1. The van der Waals surface area contributed by atoms with E-state index in [0.717, 1.165) is 21.9 Å². The van der Waals surface area contributed by atoms with Crippen LogP contribution < -0.4 is 33.4 Å². The maximum Gasteiger partial charge on any atom is 0.410 e. The second kappa shape index (κ2) is 19.5. The fourth-order valence-corrected chi connectivity index (χ4v) is 10.8. The van der Waals surface area contributed by atoms with E-state index in [2.05, 4.69) is 30.6 Å². The molecule has 3 aliphatic heterocycles. The molecule has 5 heterocycles. The normalized spacial score (nSPS) is 20.4. The molecule has 4 aromatic rings. The molecule has 350 valence electrons. The van der Waals surface area contributed by atoms with Crippen molar-refractivity contribution in [3.05, 3.63) is 104 Å².